The van der Waals surface area contributed by atoms with E-state index in [1.165, 1.54) is 34.4 Å². The third kappa shape index (κ3) is 24.4. The molecule has 2 N–H and O–H groups in total. The van der Waals surface area contributed by atoms with Crippen molar-refractivity contribution in [3.8, 4) is 5.75 Å². The van der Waals surface area contributed by atoms with Crippen LogP contribution in [0.5, 0.6) is 5.75 Å². The van der Waals surface area contributed by atoms with Gasteiger partial charge >= 0.3 is 21.0 Å². The van der Waals surface area contributed by atoms with Crippen LogP contribution in [0.2, 0.25) is 0 Å². The molecule has 63 heavy (non-hydrogen) atoms. The first kappa shape index (κ1) is 57.6. The van der Waals surface area contributed by atoms with Gasteiger partial charge in [-0.25, -0.2) is 4.18 Å². The Bertz CT molecular complexity index is 1960. The molecule has 4 unspecified atom stereocenters. The molecular formula is C47H68F10O4S2. The summed E-state index contributed by atoms with van der Waals surface area (Å²) in [4.78, 5) is 0. The van der Waals surface area contributed by atoms with Gasteiger partial charge in [-0.3, -0.25) is 0 Å². The molecule has 4 rings (SSSR count). The summed E-state index contributed by atoms with van der Waals surface area (Å²) in [6, 6.07) is 28.3. The number of aryl methyl sites for hydroxylation is 3. The van der Waals surface area contributed by atoms with Crippen LogP contribution in [0.4, 0.5) is 38.9 Å². The second-order valence-corrected chi connectivity index (χ2v) is 21.4. The van der Waals surface area contributed by atoms with Gasteiger partial charge in [-0.1, -0.05) is 203 Å². The summed E-state index contributed by atoms with van der Waals surface area (Å²) in [5.74, 6) is -0.281. The number of rotatable bonds is 15. The van der Waals surface area contributed by atoms with E-state index in [2.05, 4.69) is 105 Å². The summed E-state index contributed by atoms with van der Waals surface area (Å²) in [6.45, 7) is 22.9. The Morgan fingerprint density at radius 2 is 0.778 bits per heavy atom. The molecular weight excluding hydrogens is 883 g/mol. The van der Waals surface area contributed by atoms with Crippen molar-refractivity contribution < 1.29 is 57.4 Å². The summed E-state index contributed by atoms with van der Waals surface area (Å²) >= 11 is 0. The fourth-order valence-electron chi connectivity index (χ4n) is 6.14. The third-order valence-electron chi connectivity index (χ3n) is 10.4. The van der Waals surface area contributed by atoms with Crippen LogP contribution in [-0.2, 0) is 4.18 Å². The monoisotopic (exact) mass is 950 g/mol. The van der Waals surface area contributed by atoms with Crippen LogP contribution in [0.25, 0.3) is 0 Å². The van der Waals surface area contributed by atoms with Crippen molar-refractivity contribution in [3.05, 3.63) is 136 Å². The highest BCUT2D eigenvalue weighted by molar-refractivity contribution is 8.42. The second kappa shape index (κ2) is 21.2. The van der Waals surface area contributed by atoms with E-state index in [1.807, 2.05) is 6.92 Å². The van der Waals surface area contributed by atoms with E-state index >= 15 is 0 Å². The van der Waals surface area contributed by atoms with Gasteiger partial charge in [-0.2, -0.15) is 0 Å². The third-order valence-corrected chi connectivity index (χ3v) is 11.5. The fourth-order valence-corrected chi connectivity index (χ4v) is 7.01. The molecule has 0 fully saturated rings. The summed E-state index contributed by atoms with van der Waals surface area (Å²) in [7, 11) is -19.8. The van der Waals surface area contributed by atoms with Crippen molar-refractivity contribution in [2.45, 2.75) is 107 Å². The molecule has 362 valence electrons. The Labute approximate surface area is 369 Å². The SMILES string of the molecule is CC(C)C(CO)c1cccc(OS(F)(F)(F)(F)F)c1.Cc1ccc(C(C)C(C)C)cc1.Cc1ccc(C(CO)C(C)C)cc1.Cc1ccc(C(COS(F)(F)(F)(F)F)C(C)C)cc1. The van der Waals surface area contributed by atoms with Gasteiger partial charge in [0.2, 0.25) is 0 Å². The molecule has 0 aliphatic heterocycles. The molecule has 4 atom stereocenters. The maximum absolute atomic E-state index is 12.2. The molecule has 0 heterocycles. The minimum Gasteiger partial charge on any atom is -0.396 e. The lowest BCUT2D eigenvalue weighted by atomic mass is 9.89. The lowest BCUT2D eigenvalue weighted by molar-refractivity contribution is 0.136. The number of benzene rings is 4. The predicted octanol–water partition coefficient (Wildman–Crippen LogP) is 17.5. The van der Waals surface area contributed by atoms with Crippen LogP contribution in [0.15, 0.2) is 97.1 Å². The number of halogens is 10. The normalized spacial score (nSPS) is 16.1. The van der Waals surface area contributed by atoms with Crippen molar-refractivity contribution in [3.63, 3.8) is 0 Å². The van der Waals surface area contributed by atoms with Gasteiger partial charge < -0.3 is 14.4 Å². The number of hydrogen-bond donors (Lipinski definition) is 2. The number of aliphatic hydroxyl groups is 2. The zero-order valence-corrected chi connectivity index (χ0v) is 39.9. The van der Waals surface area contributed by atoms with E-state index < -0.39 is 45.2 Å². The molecule has 0 radical (unpaired) electrons. The van der Waals surface area contributed by atoms with Crippen molar-refractivity contribution >= 4 is 21.0 Å². The smallest absolute Gasteiger partial charge is 0.396 e. The first-order valence-corrected chi connectivity index (χ1v) is 24.4. The topological polar surface area (TPSA) is 58.9 Å². The van der Waals surface area contributed by atoms with E-state index in [0.29, 0.717) is 23.0 Å². The van der Waals surface area contributed by atoms with Gasteiger partial charge in [0.05, 0.1) is 19.8 Å². The lowest BCUT2D eigenvalue weighted by Crippen LogP contribution is -2.19. The van der Waals surface area contributed by atoms with Crippen LogP contribution in [0.1, 0.15) is 125 Å². The average molecular weight is 951 g/mol. The predicted molar refractivity (Wildman–Crippen MR) is 243 cm³/mol. The van der Waals surface area contributed by atoms with Crippen molar-refractivity contribution in [1.29, 1.82) is 0 Å². The van der Waals surface area contributed by atoms with Crippen LogP contribution in [-0.4, -0.2) is 30.0 Å². The Hall–Kier alpha value is -3.44. The van der Waals surface area contributed by atoms with Crippen LogP contribution < -0.4 is 4.18 Å². The van der Waals surface area contributed by atoms with E-state index in [0.717, 1.165) is 23.6 Å². The Morgan fingerprint density at radius 3 is 1.10 bits per heavy atom. The molecule has 0 aliphatic carbocycles. The van der Waals surface area contributed by atoms with E-state index in [1.54, 1.807) is 52.0 Å². The summed E-state index contributed by atoms with van der Waals surface area (Å²) in [5, 5.41) is 18.4. The zero-order valence-electron chi connectivity index (χ0n) is 38.3. The summed E-state index contributed by atoms with van der Waals surface area (Å²) < 4.78 is 128. The zero-order chi connectivity index (χ0) is 48.9. The highest BCUT2D eigenvalue weighted by Crippen LogP contribution is 2.98. The largest absolute Gasteiger partial charge is 0.435 e. The fraction of sp³-hybridized carbons (Fsp3) is 0.489. The highest BCUT2D eigenvalue weighted by Gasteiger charge is 2.67. The van der Waals surface area contributed by atoms with Crippen LogP contribution in [0, 0.1) is 44.4 Å². The van der Waals surface area contributed by atoms with Gasteiger partial charge in [-0.15, -0.1) is 0 Å². The van der Waals surface area contributed by atoms with Gasteiger partial charge in [0, 0.05) is 17.8 Å². The quantitative estimate of drug-likeness (QED) is 0.117. The van der Waals surface area contributed by atoms with E-state index in [4.69, 9.17) is 0 Å². The van der Waals surface area contributed by atoms with Crippen LogP contribution in [0.3, 0.4) is 0 Å². The molecule has 16 heteroatoms. The maximum atomic E-state index is 12.2. The van der Waals surface area contributed by atoms with Crippen molar-refractivity contribution in [1.82, 2.24) is 0 Å². The van der Waals surface area contributed by atoms with Crippen molar-refractivity contribution in [2.75, 3.05) is 19.8 Å². The van der Waals surface area contributed by atoms with Gasteiger partial charge in [0.25, 0.3) is 0 Å². The standard InChI is InChI=1S/C12H17F5OS.C12H18O.C12H18.C11H15F5O2S/c1-9(2)12(8-18-19(13,14,15,16)17)11-6-4-10(3)5-7-11;1-9(2)12(8-13)11-6-4-10(3)5-7-11;1-9(2)11(4)12-7-5-10(3)6-8-12;1-8(2)11(7-17)9-4-3-5-10(6-9)18-19(12,13,14,15)16/h4-7,9,12H,8H2,1-3H3;4-7,9,12-13H,8H2,1-3H3;5-9,11H,1-4H3;3-6,8,11,17H,7H2,1-2H3. The van der Waals surface area contributed by atoms with Gasteiger partial charge in [0.1, 0.15) is 5.75 Å². The summed E-state index contributed by atoms with van der Waals surface area (Å²) in [6.07, 6.45) is 0. The number of aliphatic hydroxyl groups excluding tert-OH is 2. The molecule has 0 spiro atoms. The molecule has 4 nitrogen and oxygen atoms in total. The molecule has 0 saturated carbocycles. The Morgan fingerprint density at radius 1 is 0.429 bits per heavy atom. The van der Waals surface area contributed by atoms with Gasteiger partial charge in [0.15, 0.2) is 0 Å². The molecule has 0 amide bonds. The Kier molecular flexibility index (Phi) is 19.4. The minimum atomic E-state index is -9.96. The molecule has 0 aromatic heterocycles. The first-order chi connectivity index (χ1) is 28.3. The highest BCUT2D eigenvalue weighted by atomic mass is 32.5. The van der Waals surface area contributed by atoms with E-state index in [9.17, 15) is 49.1 Å². The van der Waals surface area contributed by atoms with Crippen molar-refractivity contribution in [2.24, 2.45) is 23.7 Å². The summed E-state index contributed by atoms with van der Waals surface area (Å²) in [5.41, 5.74) is 7.12. The van der Waals surface area contributed by atoms with Gasteiger partial charge in [-0.05, 0) is 84.7 Å². The molecule has 4 aromatic carbocycles. The minimum absolute atomic E-state index is 0.0554. The van der Waals surface area contributed by atoms with Crippen LogP contribution >= 0.6 is 21.0 Å². The number of hydrogen-bond acceptors (Lipinski definition) is 4. The second-order valence-electron chi connectivity index (χ2n) is 17.4. The molecule has 0 bridgehead atoms. The molecule has 4 aromatic rings. The van der Waals surface area contributed by atoms with E-state index in [-0.39, 0.29) is 31.0 Å². The lowest BCUT2D eigenvalue weighted by Gasteiger charge is -2.40. The molecule has 0 aliphatic rings. The first-order valence-electron chi connectivity index (χ1n) is 20.7. The molecule has 0 saturated heterocycles. The average Bonchev–Trinajstić information content (AvgIpc) is 3.12. The Balaban J connectivity index is 0.000000428. The maximum Gasteiger partial charge on any atom is 0.435 e.